The first-order valence-corrected chi connectivity index (χ1v) is 10.7. The number of nitrogens with one attached hydrogen (secondary N) is 2. The highest BCUT2D eigenvalue weighted by atomic mass is 16.3. The quantitative estimate of drug-likeness (QED) is 0.333. The molecule has 7 heteroatoms. The predicted molar refractivity (Wildman–Crippen MR) is 113 cm³/mol. The molecule has 1 saturated heterocycles. The molecule has 1 saturated carbocycles. The number of aliphatic imine (C=N–C) groups is 1. The Morgan fingerprint density at radius 3 is 2.57 bits per heavy atom. The zero-order valence-corrected chi connectivity index (χ0v) is 17.0. The Kier molecular flexibility index (Phi) is 4.81. The molecular formula is C23H26N4O3. The van der Waals surface area contributed by atoms with Gasteiger partial charge in [0, 0.05) is 25.0 Å². The van der Waals surface area contributed by atoms with Gasteiger partial charge in [-0.2, -0.15) is 0 Å². The van der Waals surface area contributed by atoms with Crippen molar-refractivity contribution in [3.05, 3.63) is 48.2 Å². The van der Waals surface area contributed by atoms with Crippen LogP contribution in [0.1, 0.15) is 19.1 Å². The average Bonchev–Trinajstić information content (AvgIpc) is 3.51. The Morgan fingerprint density at radius 2 is 1.87 bits per heavy atom. The SMILES string of the molecule is CCNC(=NCc1cc2ccccc2o1)NCCN1C(=O)C2C3C=CC(C3)C2C1=O. The first kappa shape index (κ1) is 18.9. The lowest BCUT2D eigenvalue weighted by Gasteiger charge is -2.18. The number of rotatable bonds is 6. The highest BCUT2D eigenvalue weighted by Gasteiger charge is 2.58. The topological polar surface area (TPSA) is 86.9 Å². The van der Waals surface area contributed by atoms with Crippen LogP contribution in [0.25, 0.3) is 11.0 Å². The van der Waals surface area contributed by atoms with Crippen molar-refractivity contribution in [1.82, 2.24) is 15.5 Å². The summed E-state index contributed by atoms with van der Waals surface area (Å²) in [5.74, 6) is 1.63. The number of guanidine groups is 1. The Hall–Kier alpha value is -3.09. The molecule has 4 unspecified atom stereocenters. The number of imide groups is 1. The van der Waals surface area contributed by atoms with Crippen LogP contribution in [-0.4, -0.2) is 42.3 Å². The van der Waals surface area contributed by atoms with Crippen molar-refractivity contribution in [3.63, 3.8) is 0 Å². The number of para-hydroxylation sites is 1. The number of carbonyl (C=O) groups excluding carboxylic acids is 2. The standard InChI is InChI=1S/C23H26N4O3/c1-2-24-23(26-13-17-12-14-5-3-4-6-18(14)30-17)25-9-10-27-21(28)19-15-7-8-16(11-15)20(19)22(27)29/h3-8,12,15-16,19-20H,2,9-11,13H2,1H3,(H2,24,25,26). The van der Waals surface area contributed by atoms with E-state index in [1.807, 2.05) is 37.3 Å². The largest absolute Gasteiger partial charge is 0.459 e. The van der Waals surface area contributed by atoms with Gasteiger partial charge in [0.15, 0.2) is 5.96 Å². The summed E-state index contributed by atoms with van der Waals surface area (Å²) in [6.45, 7) is 3.94. The van der Waals surface area contributed by atoms with Gasteiger partial charge in [0.25, 0.3) is 0 Å². The highest BCUT2D eigenvalue weighted by Crippen LogP contribution is 2.52. The van der Waals surface area contributed by atoms with Crippen LogP contribution in [0.3, 0.4) is 0 Å². The van der Waals surface area contributed by atoms with E-state index in [0.717, 1.165) is 23.2 Å². The molecule has 7 nitrogen and oxygen atoms in total. The van der Waals surface area contributed by atoms with Crippen LogP contribution in [0.4, 0.5) is 0 Å². The van der Waals surface area contributed by atoms with Gasteiger partial charge in [0.05, 0.1) is 11.8 Å². The maximum absolute atomic E-state index is 12.8. The molecule has 1 aliphatic heterocycles. The van der Waals surface area contributed by atoms with E-state index in [1.165, 1.54) is 4.90 Å². The molecule has 2 aliphatic carbocycles. The van der Waals surface area contributed by atoms with Gasteiger partial charge in [-0.15, -0.1) is 0 Å². The lowest BCUT2D eigenvalue weighted by Crippen LogP contribution is -2.43. The third-order valence-corrected chi connectivity index (χ3v) is 6.40. The lowest BCUT2D eigenvalue weighted by atomic mass is 9.85. The summed E-state index contributed by atoms with van der Waals surface area (Å²) in [5.41, 5.74) is 0.848. The van der Waals surface area contributed by atoms with E-state index in [4.69, 9.17) is 4.42 Å². The first-order valence-electron chi connectivity index (χ1n) is 10.7. The first-order chi connectivity index (χ1) is 14.7. The summed E-state index contributed by atoms with van der Waals surface area (Å²) in [7, 11) is 0. The fourth-order valence-corrected chi connectivity index (χ4v) is 5.08. The Morgan fingerprint density at radius 1 is 1.13 bits per heavy atom. The zero-order chi connectivity index (χ0) is 20.7. The van der Waals surface area contributed by atoms with E-state index in [0.29, 0.717) is 32.1 Å². The van der Waals surface area contributed by atoms with Crippen LogP contribution in [0.15, 0.2) is 51.9 Å². The molecule has 30 heavy (non-hydrogen) atoms. The second kappa shape index (κ2) is 7.63. The molecule has 1 aromatic heterocycles. The van der Waals surface area contributed by atoms with Gasteiger partial charge in [0.1, 0.15) is 17.9 Å². The summed E-state index contributed by atoms with van der Waals surface area (Å²) in [6, 6.07) is 9.86. The van der Waals surface area contributed by atoms with Gasteiger partial charge >= 0.3 is 0 Å². The Labute approximate surface area is 175 Å². The fourth-order valence-electron chi connectivity index (χ4n) is 5.08. The average molecular weight is 406 g/mol. The molecule has 0 spiro atoms. The summed E-state index contributed by atoms with van der Waals surface area (Å²) < 4.78 is 5.81. The van der Waals surface area contributed by atoms with E-state index >= 15 is 0 Å². The van der Waals surface area contributed by atoms with E-state index < -0.39 is 0 Å². The van der Waals surface area contributed by atoms with Gasteiger partial charge in [-0.25, -0.2) is 4.99 Å². The van der Waals surface area contributed by atoms with Crippen molar-refractivity contribution in [1.29, 1.82) is 0 Å². The lowest BCUT2D eigenvalue weighted by molar-refractivity contribution is -0.140. The molecule has 2 N–H and O–H groups in total. The molecule has 0 radical (unpaired) electrons. The van der Waals surface area contributed by atoms with E-state index in [9.17, 15) is 9.59 Å². The fraction of sp³-hybridized carbons (Fsp3) is 0.435. The molecule has 156 valence electrons. The molecule has 2 aromatic rings. The van der Waals surface area contributed by atoms with Crippen molar-refractivity contribution in [2.75, 3.05) is 19.6 Å². The number of hydrogen-bond donors (Lipinski definition) is 2. The summed E-state index contributed by atoms with van der Waals surface area (Å²) in [4.78, 5) is 31.6. The van der Waals surface area contributed by atoms with Crippen molar-refractivity contribution in [2.24, 2.45) is 28.7 Å². The number of nitrogens with zero attached hydrogens (tertiary/aromatic N) is 2. The monoisotopic (exact) mass is 406 g/mol. The second-order valence-corrected chi connectivity index (χ2v) is 8.20. The summed E-state index contributed by atoms with van der Waals surface area (Å²) in [5, 5.41) is 7.49. The number of fused-ring (bicyclic) bond motifs is 6. The molecule has 1 aromatic carbocycles. The normalized spacial score (nSPS) is 27.4. The minimum atomic E-state index is -0.137. The number of carbonyl (C=O) groups is 2. The van der Waals surface area contributed by atoms with Crippen molar-refractivity contribution < 1.29 is 14.0 Å². The second-order valence-electron chi connectivity index (χ2n) is 8.20. The summed E-state index contributed by atoms with van der Waals surface area (Å²) >= 11 is 0. The van der Waals surface area contributed by atoms with Gasteiger partial charge in [-0.05, 0) is 37.3 Å². The number of furan rings is 1. The number of allylic oxidation sites excluding steroid dienone is 2. The summed E-state index contributed by atoms with van der Waals surface area (Å²) in [6.07, 6.45) is 5.19. The van der Waals surface area contributed by atoms with Crippen LogP contribution in [-0.2, 0) is 16.1 Å². The van der Waals surface area contributed by atoms with Gasteiger partial charge < -0.3 is 15.1 Å². The number of amides is 2. The van der Waals surface area contributed by atoms with E-state index in [1.54, 1.807) is 0 Å². The molecule has 2 amide bonds. The number of likely N-dealkylation sites (tertiary alicyclic amines) is 1. The van der Waals surface area contributed by atoms with Crippen LogP contribution in [0.5, 0.6) is 0 Å². The van der Waals surface area contributed by atoms with Gasteiger partial charge in [0.2, 0.25) is 11.8 Å². The third kappa shape index (κ3) is 3.18. The molecule has 2 heterocycles. The maximum atomic E-state index is 12.8. The number of benzene rings is 1. The van der Waals surface area contributed by atoms with Gasteiger partial charge in [-0.3, -0.25) is 14.5 Å². The Balaban J connectivity index is 1.19. The molecule has 4 atom stereocenters. The Bertz CT molecular complexity index is 977. The van der Waals surface area contributed by atoms with Crippen LogP contribution in [0.2, 0.25) is 0 Å². The van der Waals surface area contributed by atoms with Crippen molar-refractivity contribution in [2.45, 2.75) is 19.9 Å². The third-order valence-electron chi connectivity index (χ3n) is 6.40. The van der Waals surface area contributed by atoms with Gasteiger partial charge in [-0.1, -0.05) is 30.4 Å². The van der Waals surface area contributed by atoms with Crippen molar-refractivity contribution in [3.8, 4) is 0 Å². The molecule has 3 aliphatic rings. The highest BCUT2D eigenvalue weighted by molar-refractivity contribution is 6.06. The molecule has 5 rings (SSSR count). The minimum absolute atomic E-state index is 0.00661. The van der Waals surface area contributed by atoms with E-state index in [2.05, 4.69) is 27.8 Å². The minimum Gasteiger partial charge on any atom is -0.459 e. The molecule has 2 fully saturated rings. The maximum Gasteiger partial charge on any atom is 0.233 e. The predicted octanol–water partition coefficient (Wildman–Crippen LogP) is 2.29. The smallest absolute Gasteiger partial charge is 0.233 e. The van der Waals surface area contributed by atoms with Crippen molar-refractivity contribution >= 4 is 28.7 Å². The zero-order valence-electron chi connectivity index (χ0n) is 17.0. The van der Waals surface area contributed by atoms with E-state index in [-0.39, 0.29) is 35.5 Å². The van der Waals surface area contributed by atoms with Crippen LogP contribution >= 0.6 is 0 Å². The molecular weight excluding hydrogens is 380 g/mol. The molecule has 2 bridgehead atoms. The van der Waals surface area contributed by atoms with Crippen LogP contribution in [0, 0.1) is 23.7 Å². The number of hydrogen-bond acceptors (Lipinski definition) is 4. The van der Waals surface area contributed by atoms with Crippen LogP contribution < -0.4 is 10.6 Å².